The molecular weight excluding hydrogens is 326 g/mol. The number of fused-ring (bicyclic) bond motifs is 3. The van der Waals surface area contributed by atoms with Gasteiger partial charge in [-0.25, -0.2) is 4.79 Å². The van der Waals surface area contributed by atoms with Gasteiger partial charge in [0.05, 0.1) is 12.6 Å². The van der Waals surface area contributed by atoms with Gasteiger partial charge in [-0.3, -0.25) is 9.59 Å². The monoisotopic (exact) mass is 345 g/mol. The van der Waals surface area contributed by atoms with Crippen molar-refractivity contribution < 1.29 is 24.6 Å². The number of amides is 1. The molecule has 1 amide bonds. The van der Waals surface area contributed by atoms with Gasteiger partial charge in [-0.05, 0) is 18.1 Å². The van der Waals surface area contributed by atoms with Crippen molar-refractivity contribution in [1.29, 1.82) is 0 Å². The topological polar surface area (TPSA) is 137 Å². The van der Waals surface area contributed by atoms with Gasteiger partial charge in [0.2, 0.25) is 5.91 Å². The van der Waals surface area contributed by atoms with E-state index in [4.69, 9.17) is 10.8 Å². The molecule has 1 aliphatic heterocycles. The Labute approximate surface area is 143 Å². The first-order valence-electron chi connectivity index (χ1n) is 7.97. The minimum absolute atomic E-state index is 0.0312. The first-order valence-corrected chi connectivity index (χ1v) is 7.97. The van der Waals surface area contributed by atoms with E-state index in [2.05, 4.69) is 4.98 Å². The second kappa shape index (κ2) is 6.56. The van der Waals surface area contributed by atoms with E-state index < -0.39 is 29.9 Å². The Morgan fingerprint density at radius 2 is 2.00 bits per heavy atom. The Morgan fingerprint density at radius 1 is 1.28 bits per heavy atom. The fraction of sp³-hybridized carbons (Fsp3) is 0.353. The Kier molecular flexibility index (Phi) is 4.45. The van der Waals surface area contributed by atoms with E-state index in [9.17, 15) is 19.5 Å². The summed E-state index contributed by atoms with van der Waals surface area (Å²) in [5.41, 5.74) is 8.37. The number of aromatic amines is 1. The molecule has 0 radical (unpaired) electrons. The summed E-state index contributed by atoms with van der Waals surface area (Å²) in [4.78, 5) is 39.4. The number of carbonyl (C=O) groups is 3. The number of benzene rings is 1. The average Bonchev–Trinajstić information content (AvgIpc) is 2.95. The number of hydrogen-bond acceptors (Lipinski definition) is 4. The number of H-pyrrole nitrogens is 1. The van der Waals surface area contributed by atoms with Crippen LogP contribution in [0.2, 0.25) is 0 Å². The van der Waals surface area contributed by atoms with Crippen LogP contribution in [0.4, 0.5) is 0 Å². The Hall–Kier alpha value is -2.87. The molecule has 3 rings (SSSR count). The van der Waals surface area contributed by atoms with Gasteiger partial charge in [0.15, 0.2) is 0 Å². The van der Waals surface area contributed by atoms with E-state index in [1.807, 2.05) is 24.3 Å². The molecule has 0 fully saturated rings. The second-order valence-corrected chi connectivity index (χ2v) is 6.19. The maximum absolute atomic E-state index is 12.6. The lowest BCUT2D eigenvalue weighted by Crippen LogP contribution is -2.53. The summed E-state index contributed by atoms with van der Waals surface area (Å²) in [6, 6.07) is 5.52. The largest absolute Gasteiger partial charge is 0.481 e. The van der Waals surface area contributed by atoms with E-state index in [0.717, 1.165) is 22.2 Å². The molecule has 2 atom stereocenters. The fourth-order valence-corrected chi connectivity index (χ4v) is 3.28. The van der Waals surface area contributed by atoms with E-state index >= 15 is 0 Å². The number of nitrogens with two attached hydrogens (primary N) is 1. The van der Waals surface area contributed by atoms with Gasteiger partial charge in [0.1, 0.15) is 6.04 Å². The molecule has 0 unspecified atom stereocenters. The molecule has 8 heteroatoms. The van der Waals surface area contributed by atoms with Crippen LogP contribution in [0, 0.1) is 0 Å². The summed E-state index contributed by atoms with van der Waals surface area (Å²) in [5, 5.41) is 19.2. The minimum Gasteiger partial charge on any atom is -0.481 e. The fourth-order valence-electron chi connectivity index (χ4n) is 3.28. The molecular formula is C17H19N3O5. The molecule has 1 aromatic carbocycles. The van der Waals surface area contributed by atoms with Crippen molar-refractivity contribution in [2.75, 3.05) is 0 Å². The van der Waals surface area contributed by atoms with E-state index in [0.29, 0.717) is 0 Å². The third-order valence-corrected chi connectivity index (χ3v) is 4.56. The molecule has 132 valence electrons. The third kappa shape index (κ3) is 3.20. The summed E-state index contributed by atoms with van der Waals surface area (Å²) < 4.78 is 0. The van der Waals surface area contributed by atoms with Gasteiger partial charge in [0.25, 0.3) is 0 Å². The maximum Gasteiger partial charge on any atom is 0.326 e. The number of hydrogen-bond donors (Lipinski definition) is 4. The van der Waals surface area contributed by atoms with Gasteiger partial charge in [-0.1, -0.05) is 18.2 Å². The average molecular weight is 345 g/mol. The molecule has 0 bridgehead atoms. The Balaban J connectivity index is 1.89. The minimum atomic E-state index is -1.10. The first-order chi connectivity index (χ1) is 11.9. The van der Waals surface area contributed by atoms with Gasteiger partial charge in [-0.2, -0.15) is 0 Å². The molecule has 8 nitrogen and oxygen atoms in total. The summed E-state index contributed by atoms with van der Waals surface area (Å²) >= 11 is 0. The molecule has 0 saturated carbocycles. The molecule has 1 aliphatic rings. The van der Waals surface area contributed by atoms with Gasteiger partial charge in [0, 0.05) is 29.4 Å². The molecule has 0 aliphatic carbocycles. The summed E-state index contributed by atoms with van der Waals surface area (Å²) in [7, 11) is 0. The van der Waals surface area contributed by atoms with Crippen molar-refractivity contribution in [3.8, 4) is 0 Å². The highest BCUT2D eigenvalue weighted by Gasteiger charge is 2.38. The van der Waals surface area contributed by atoms with Crippen molar-refractivity contribution in [1.82, 2.24) is 9.88 Å². The molecule has 5 N–H and O–H groups in total. The third-order valence-electron chi connectivity index (χ3n) is 4.56. The lowest BCUT2D eigenvalue weighted by Gasteiger charge is -2.34. The number of nitrogens with one attached hydrogen (secondary N) is 1. The number of carbonyl (C=O) groups excluding carboxylic acids is 1. The number of para-hydroxylation sites is 1. The molecule has 0 saturated heterocycles. The van der Waals surface area contributed by atoms with E-state index in [1.165, 1.54) is 4.90 Å². The number of aliphatic carboxylic acids is 2. The number of nitrogens with zero attached hydrogens (tertiary/aromatic N) is 1. The molecule has 2 aromatic rings. The first kappa shape index (κ1) is 17.0. The summed E-state index contributed by atoms with van der Waals surface area (Å²) in [5.74, 6) is -2.69. The number of rotatable bonds is 5. The normalized spacial score (nSPS) is 18.0. The highest BCUT2D eigenvalue weighted by Crippen LogP contribution is 2.30. The zero-order valence-electron chi connectivity index (χ0n) is 13.4. The van der Waals surface area contributed by atoms with Crippen LogP contribution in [0.3, 0.4) is 0 Å². The van der Waals surface area contributed by atoms with Gasteiger partial charge in [-0.15, -0.1) is 0 Å². The number of aromatic nitrogens is 1. The molecule has 25 heavy (non-hydrogen) atoms. The van der Waals surface area contributed by atoms with E-state index in [1.54, 1.807) is 0 Å². The standard InChI is InChI=1S/C17H19N3O5/c18-11(5-6-15(21)22)16(23)20-8-13-10(7-14(20)17(24)25)9-3-1-2-4-12(9)19-13/h1-4,11,14,19H,5-8,18H2,(H,21,22)(H,24,25)/t11-,14-/m0/s1. The molecule has 1 aromatic heterocycles. The number of carboxylic acid groups (broad SMARTS) is 2. The van der Waals surface area contributed by atoms with Crippen molar-refractivity contribution >= 4 is 28.7 Å². The second-order valence-electron chi connectivity index (χ2n) is 6.19. The van der Waals surface area contributed by atoms with Crippen molar-refractivity contribution in [2.45, 2.75) is 37.9 Å². The Morgan fingerprint density at radius 3 is 2.68 bits per heavy atom. The van der Waals surface area contributed by atoms with Gasteiger partial charge < -0.3 is 25.8 Å². The van der Waals surface area contributed by atoms with Crippen LogP contribution >= 0.6 is 0 Å². The van der Waals surface area contributed by atoms with Crippen LogP contribution in [0.1, 0.15) is 24.1 Å². The SMILES string of the molecule is N[C@@H](CCC(=O)O)C(=O)N1Cc2[nH]c3ccccc3c2C[C@H]1C(=O)O. The molecule has 2 heterocycles. The smallest absolute Gasteiger partial charge is 0.326 e. The maximum atomic E-state index is 12.6. The lowest BCUT2D eigenvalue weighted by atomic mass is 9.95. The van der Waals surface area contributed by atoms with Crippen molar-refractivity contribution in [3.05, 3.63) is 35.5 Å². The van der Waals surface area contributed by atoms with E-state index in [-0.39, 0.29) is 25.8 Å². The van der Waals surface area contributed by atoms with Crippen LogP contribution in [-0.2, 0) is 27.3 Å². The van der Waals surface area contributed by atoms with Crippen molar-refractivity contribution in [2.24, 2.45) is 5.73 Å². The van der Waals surface area contributed by atoms with Gasteiger partial charge >= 0.3 is 11.9 Å². The van der Waals surface area contributed by atoms with Crippen LogP contribution < -0.4 is 5.73 Å². The summed E-state index contributed by atoms with van der Waals surface area (Å²) in [6.45, 7) is 0.112. The predicted octanol–water partition coefficient (Wildman–Crippen LogP) is 0.698. The Bertz CT molecular complexity index is 844. The molecule has 0 spiro atoms. The van der Waals surface area contributed by atoms with Crippen LogP contribution in [0.5, 0.6) is 0 Å². The zero-order valence-corrected chi connectivity index (χ0v) is 13.4. The summed E-state index contributed by atoms with van der Waals surface area (Å²) in [6.07, 6.45) is -0.0846. The highest BCUT2D eigenvalue weighted by molar-refractivity contribution is 5.91. The lowest BCUT2D eigenvalue weighted by molar-refractivity contribution is -0.152. The van der Waals surface area contributed by atoms with Crippen LogP contribution in [0.15, 0.2) is 24.3 Å². The predicted molar refractivity (Wildman–Crippen MR) is 88.8 cm³/mol. The van der Waals surface area contributed by atoms with Crippen LogP contribution in [-0.4, -0.2) is 50.0 Å². The number of carboxylic acids is 2. The highest BCUT2D eigenvalue weighted by atomic mass is 16.4. The quantitative estimate of drug-likeness (QED) is 0.629. The van der Waals surface area contributed by atoms with Crippen LogP contribution in [0.25, 0.3) is 10.9 Å². The van der Waals surface area contributed by atoms with Crippen molar-refractivity contribution in [3.63, 3.8) is 0 Å². The zero-order chi connectivity index (χ0) is 18.1.